The lowest BCUT2D eigenvalue weighted by Crippen LogP contribution is -2.38. The van der Waals surface area contributed by atoms with Crippen molar-refractivity contribution >= 4 is 0 Å². The zero-order valence-electron chi connectivity index (χ0n) is 9.13. The molecule has 0 amide bonds. The van der Waals surface area contributed by atoms with Crippen molar-refractivity contribution < 1.29 is 13.9 Å². The summed E-state index contributed by atoms with van der Waals surface area (Å²) in [6.07, 6.45) is -1.96. The highest BCUT2D eigenvalue weighted by Gasteiger charge is 2.19. The van der Waals surface area contributed by atoms with E-state index in [1.165, 1.54) is 0 Å². The largest absolute Gasteiger partial charge is 0.386 e. The van der Waals surface area contributed by atoms with Gasteiger partial charge in [-0.05, 0) is 45.4 Å². The maximum absolute atomic E-state index is 11.9. The van der Waals surface area contributed by atoms with Gasteiger partial charge in [0.2, 0.25) is 0 Å². The first-order chi connectivity index (χ1) is 7.09. The van der Waals surface area contributed by atoms with Gasteiger partial charge in [0, 0.05) is 6.54 Å². The number of hydrogen-bond donors (Lipinski definition) is 2. The molecule has 0 aromatic carbocycles. The van der Waals surface area contributed by atoms with Gasteiger partial charge < -0.3 is 15.3 Å². The van der Waals surface area contributed by atoms with E-state index in [4.69, 9.17) is 5.11 Å². The minimum atomic E-state index is -2.64. The van der Waals surface area contributed by atoms with Crippen LogP contribution in [0, 0.1) is 5.92 Å². The summed E-state index contributed by atoms with van der Waals surface area (Å²) in [5.41, 5.74) is 0. The van der Waals surface area contributed by atoms with Crippen LogP contribution in [0.1, 0.15) is 12.8 Å². The van der Waals surface area contributed by atoms with Crippen molar-refractivity contribution in [2.75, 3.05) is 33.2 Å². The fourth-order valence-electron chi connectivity index (χ4n) is 1.79. The van der Waals surface area contributed by atoms with E-state index in [0.717, 1.165) is 32.5 Å². The first-order valence-corrected chi connectivity index (χ1v) is 5.45. The Morgan fingerprint density at radius 2 is 2.00 bits per heavy atom. The molecule has 15 heavy (non-hydrogen) atoms. The van der Waals surface area contributed by atoms with Gasteiger partial charge in [-0.3, -0.25) is 0 Å². The van der Waals surface area contributed by atoms with Crippen molar-refractivity contribution in [1.29, 1.82) is 0 Å². The maximum Gasteiger partial charge on any atom is 0.265 e. The number of aliphatic hydroxyl groups excluding tert-OH is 1. The van der Waals surface area contributed by atoms with Crippen LogP contribution in [0.4, 0.5) is 8.78 Å². The number of likely N-dealkylation sites (tertiary alicyclic amines) is 1. The predicted octanol–water partition coefficient (Wildman–Crippen LogP) is 0.544. The van der Waals surface area contributed by atoms with Crippen molar-refractivity contribution in [3.05, 3.63) is 0 Å². The van der Waals surface area contributed by atoms with Gasteiger partial charge >= 0.3 is 0 Å². The summed E-state index contributed by atoms with van der Waals surface area (Å²) in [5.74, 6) is 0.561. The lowest BCUT2D eigenvalue weighted by atomic mass is 9.97. The highest BCUT2D eigenvalue weighted by atomic mass is 19.3. The molecule has 2 N–H and O–H groups in total. The van der Waals surface area contributed by atoms with Crippen LogP contribution in [0.15, 0.2) is 0 Å². The Labute approximate surface area is 89.5 Å². The normalized spacial score (nSPS) is 22.2. The Morgan fingerprint density at radius 3 is 2.53 bits per heavy atom. The second-order valence-electron chi connectivity index (χ2n) is 4.31. The van der Waals surface area contributed by atoms with Crippen molar-refractivity contribution in [2.45, 2.75) is 25.4 Å². The van der Waals surface area contributed by atoms with E-state index >= 15 is 0 Å². The quantitative estimate of drug-likeness (QED) is 0.713. The monoisotopic (exact) mass is 222 g/mol. The van der Waals surface area contributed by atoms with Gasteiger partial charge in [-0.25, -0.2) is 8.78 Å². The van der Waals surface area contributed by atoms with Gasteiger partial charge in [-0.2, -0.15) is 0 Å². The number of rotatable bonds is 5. The molecule has 1 aliphatic rings. The van der Waals surface area contributed by atoms with E-state index in [9.17, 15) is 8.78 Å². The Bertz CT molecular complexity index is 173. The van der Waals surface area contributed by atoms with Crippen LogP contribution in [-0.2, 0) is 0 Å². The molecule has 0 saturated carbocycles. The van der Waals surface area contributed by atoms with Crippen LogP contribution in [0.3, 0.4) is 0 Å². The zero-order valence-corrected chi connectivity index (χ0v) is 9.13. The highest BCUT2D eigenvalue weighted by molar-refractivity contribution is 4.72. The van der Waals surface area contributed by atoms with E-state index in [-0.39, 0.29) is 6.54 Å². The maximum atomic E-state index is 11.9. The van der Waals surface area contributed by atoms with Gasteiger partial charge in [0.25, 0.3) is 6.43 Å². The van der Waals surface area contributed by atoms with E-state index in [1.54, 1.807) is 0 Å². The molecule has 1 atom stereocenters. The summed E-state index contributed by atoms with van der Waals surface area (Å²) >= 11 is 0. The molecule has 1 unspecified atom stereocenters. The number of aliphatic hydroxyl groups is 1. The third-order valence-electron chi connectivity index (χ3n) is 2.92. The Morgan fingerprint density at radius 1 is 1.40 bits per heavy atom. The average Bonchev–Trinajstić information content (AvgIpc) is 2.20. The molecule has 0 radical (unpaired) electrons. The third-order valence-corrected chi connectivity index (χ3v) is 2.92. The van der Waals surface area contributed by atoms with Gasteiger partial charge in [-0.15, -0.1) is 0 Å². The predicted molar refractivity (Wildman–Crippen MR) is 55.1 cm³/mol. The minimum Gasteiger partial charge on any atom is -0.386 e. The summed E-state index contributed by atoms with van der Waals surface area (Å²) in [7, 11) is 2.09. The van der Waals surface area contributed by atoms with Gasteiger partial charge in [0.1, 0.15) is 6.10 Å². The molecule has 0 spiro atoms. The molecule has 0 aromatic rings. The van der Waals surface area contributed by atoms with Crippen LogP contribution in [0.2, 0.25) is 0 Å². The van der Waals surface area contributed by atoms with Crippen LogP contribution >= 0.6 is 0 Å². The van der Waals surface area contributed by atoms with Gasteiger partial charge in [-0.1, -0.05) is 0 Å². The van der Waals surface area contributed by atoms with Gasteiger partial charge in [0.15, 0.2) is 0 Å². The molecular weight excluding hydrogens is 202 g/mol. The fourth-order valence-corrected chi connectivity index (χ4v) is 1.79. The summed E-state index contributed by atoms with van der Waals surface area (Å²) in [6, 6.07) is 0. The third kappa shape index (κ3) is 4.86. The molecule has 0 aliphatic carbocycles. The second-order valence-corrected chi connectivity index (χ2v) is 4.31. The smallest absolute Gasteiger partial charge is 0.265 e. The number of nitrogens with zero attached hydrogens (tertiary/aromatic N) is 1. The summed E-state index contributed by atoms with van der Waals surface area (Å²) < 4.78 is 23.9. The summed E-state index contributed by atoms with van der Waals surface area (Å²) in [5, 5.41) is 11.8. The number of piperidine rings is 1. The second kappa shape index (κ2) is 6.35. The van der Waals surface area contributed by atoms with Crippen molar-refractivity contribution in [1.82, 2.24) is 10.2 Å². The van der Waals surface area contributed by atoms with E-state index in [2.05, 4.69) is 17.3 Å². The lowest BCUT2D eigenvalue weighted by molar-refractivity contribution is -0.00389. The molecule has 0 aromatic heterocycles. The van der Waals surface area contributed by atoms with Crippen LogP contribution in [0.5, 0.6) is 0 Å². The summed E-state index contributed by atoms with van der Waals surface area (Å²) in [6.45, 7) is 2.87. The molecule has 0 bridgehead atoms. The zero-order chi connectivity index (χ0) is 11.3. The van der Waals surface area contributed by atoms with Crippen molar-refractivity contribution in [3.8, 4) is 0 Å². The molecule has 90 valence electrons. The van der Waals surface area contributed by atoms with Crippen LogP contribution in [-0.4, -0.2) is 55.8 Å². The number of hydrogen-bond acceptors (Lipinski definition) is 3. The Kier molecular flexibility index (Phi) is 5.42. The van der Waals surface area contributed by atoms with E-state index < -0.39 is 12.5 Å². The SMILES string of the molecule is CN1CCC(CNCC(O)C(F)F)CC1. The Hall–Kier alpha value is -0.260. The molecule has 5 heteroatoms. The highest BCUT2D eigenvalue weighted by Crippen LogP contribution is 2.14. The topological polar surface area (TPSA) is 35.5 Å². The molecule has 1 fully saturated rings. The van der Waals surface area contributed by atoms with E-state index in [1.807, 2.05) is 0 Å². The lowest BCUT2D eigenvalue weighted by Gasteiger charge is -2.29. The summed E-state index contributed by atoms with van der Waals surface area (Å²) in [4.78, 5) is 2.27. The average molecular weight is 222 g/mol. The fraction of sp³-hybridized carbons (Fsp3) is 1.00. The number of halogens is 2. The molecule has 1 aliphatic heterocycles. The number of alkyl halides is 2. The van der Waals surface area contributed by atoms with Crippen LogP contribution < -0.4 is 5.32 Å². The number of nitrogens with one attached hydrogen (secondary N) is 1. The van der Waals surface area contributed by atoms with Crippen molar-refractivity contribution in [2.24, 2.45) is 5.92 Å². The standard InChI is InChI=1S/C10H20F2N2O/c1-14-4-2-8(3-5-14)6-13-7-9(15)10(11)12/h8-10,13,15H,2-7H2,1H3. The molecular formula is C10H20F2N2O. The van der Waals surface area contributed by atoms with Crippen LogP contribution in [0.25, 0.3) is 0 Å². The molecule has 1 rings (SSSR count). The first kappa shape index (κ1) is 12.8. The molecule has 1 saturated heterocycles. The Balaban J connectivity index is 2.05. The molecule has 3 nitrogen and oxygen atoms in total. The van der Waals surface area contributed by atoms with Crippen molar-refractivity contribution in [3.63, 3.8) is 0 Å². The minimum absolute atomic E-state index is 0.00991. The molecule has 1 heterocycles. The van der Waals surface area contributed by atoms with Gasteiger partial charge in [0.05, 0.1) is 0 Å². The first-order valence-electron chi connectivity index (χ1n) is 5.45. The van der Waals surface area contributed by atoms with E-state index in [0.29, 0.717) is 5.92 Å².